The Kier molecular flexibility index (Phi) is 6.50. The number of ether oxygens (including phenoxy) is 3. The van der Waals surface area contributed by atoms with Crippen molar-refractivity contribution in [3.8, 4) is 0 Å². The van der Waals surface area contributed by atoms with Gasteiger partial charge in [-0.15, -0.1) is 0 Å². The lowest BCUT2D eigenvalue weighted by atomic mass is 10.8. The molecule has 0 unspecified atom stereocenters. The first-order valence-electron chi connectivity index (χ1n) is 4.72. The first-order chi connectivity index (χ1) is 7.75. The smallest absolute Gasteiger partial charge is 0.303 e. The Bertz CT molecular complexity index is 297. The minimum atomic E-state index is -3.21. The molecule has 8 heteroatoms. The number of carbonyl (C=O) groups is 3. The third-order valence-electron chi connectivity index (χ3n) is 1.51. The van der Waals surface area contributed by atoms with Crippen LogP contribution in [0.3, 0.4) is 0 Å². The van der Waals surface area contributed by atoms with Crippen LogP contribution in [-0.2, 0) is 33.2 Å². The van der Waals surface area contributed by atoms with E-state index in [1.807, 2.05) is 0 Å². The molecule has 0 rings (SSSR count). The van der Waals surface area contributed by atoms with Crippen molar-refractivity contribution in [2.24, 2.45) is 0 Å². The molecular weight excluding hydrogens is 251 g/mol. The molecule has 0 fully saturated rings. The molecule has 0 saturated carbocycles. The highest BCUT2D eigenvalue weighted by Gasteiger charge is 2.27. The molecule has 0 aromatic rings. The average molecular weight is 266 g/mol. The van der Waals surface area contributed by atoms with E-state index in [1.165, 1.54) is 0 Å². The SMILES string of the molecule is CC(=O)OCP(=O)(COC(C)=O)COC(C)=O. The summed E-state index contributed by atoms with van der Waals surface area (Å²) in [7, 11) is -3.21. The van der Waals surface area contributed by atoms with E-state index < -0.39 is 44.1 Å². The summed E-state index contributed by atoms with van der Waals surface area (Å²) in [5.74, 6) is -1.84. The Hall–Kier alpha value is -1.36. The molecule has 17 heavy (non-hydrogen) atoms. The number of esters is 3. The van der Waals surface area contributed by atoms with Crippen LogP contribution in [0.5, 0.6) is 0 Å². The van der Waals surface area contributed by atoms with E-state index in [9.17, 15) is 18.9 Å². The topological polar surface area (TPSA) is 96.0 Å². The largest absolute Gasteiger partial charge is 0.458 e. The van der Waals surface area contributed by atoms with E-state index in [2.05, 4.69) is 14.2 Å². The maximum atomic E-state index is 12.1. The fourth-order valence-electron chi connectivity index (χ4n) is 0.737. The monoisotopic (exact) mass is 266 g/mol. The predicted octanol–water partition coefficient (Wildman–Crippen LogP) is 0.911. The zero-order chi connectivity index (χ0) is 13.5. The van der Waals surface area contributed by atoms with Crippen LogP contribution in [0.25, 0.3) is 0 Å². The second-order valence-corrected chi connectivity index (χ2v) is 6.24. The van der Waals surface area contributed by atoms with Gasteiger partial charge in [0.05, 0.1) is 0 Å². The predicted molar refractivity (Wildman–Crippen MR) is 57.5 cm³/mol. The van der Waals surface area contributed by atoms with Gasteiger partial charge in [-0.05, 0) is 0 Å². The molecule has 0 bridgehead atoms. The van der Waals surface area contributed by atoms with Gasteiger partial charge >= 0.3 is 17.9 Å². The van der Waals surface area contributed by atoms with Crippen LogP contribution in [0.4, 0.5) is 0 Å². The molecule has 7 nitrogen and oxygen atoms in total. The Labute approximate surface area is 98.8 Å². The van der Waals surface area contributed by atoms with Crippen LogP contribution in [-0.4, -0.2) is 37.0 Å². The standard InChI is InChI=1S/C9H15O7P/c1-7(10)14-4-17(13,5-15-8(2)11)6-16-9(3)12/h4-6H2,1-3H3. The van der Waals surface area contributed by atoms with Crippen molar-refractivity contribution >= 4 is 25.0 Å². The lowest BCUT2D eigenvalue weighted by molar-refractivity contribution is -0.139. The normalized spacial score (nSPS) is 10.5. The average Bonchev–Trinajstić information content (AvgIpc) is 2.21. The molecule has 0 spiro atoms. The summed E-state index contributed by atoms with van der Waals surface area (Å²) in [4.78, 5) is 31.8. The van der Waals surface area contributed by atoms with Crippen molar-refractivity contribution in [3.63, 3.8) is 0 Å². The Morgan fingerprint density at radius 2 is 1.00 bits per heavy atom. The quantitative estimate of drug-likeness (QED) is 0.400. The molecule has 0 aliphatic carbocycles. The third-order valence-corrected chi connectivity index (χ3v) is 3.31. The fraction of sp³-hybridized carbons (Fsp3) is 0.667. The van der Waals surface area contributed by atoms with E-state index in [-0.39, 0.29) is 0 Å². The molecule has 0 aromatic heterocycles. The van der Waals surface area contributed by atoms with Gasteiger partial charge in [-0.3, -0.25) is 14.4 Å². The summed E-state index contributed by atoms with van der Waals surface area (Å²) in [5.41, 5.74) is 0. The van der Waals surface area contributed by atoms with Crippen LogP contribution in [0.2, 0.25) is 0 Å². The van der Waals surface area contributed by atoms with Crippen LogP contribution >= 0.6 is 7.14 Å². The van der Waals surface area contributed by atoms with Crippen LogP contribution < -0.4 is 0 Å². The minimum Gasteiger partial charge on any atom is -0.458 e. The molecule has 0 N–H and O–H groups in total. The summed E-state index contributed by atoms with van der Waals surface area (Å²) in [6.45, 7) is 3.46. The second-order valence-electron chi connectivity index (χ2n) is 3.35. The molecule has 0 saturated heterocycles. The zero-order valence-electron chi connectivity index (χ0n) is 9.93. The van der Waals surface area contributed by atoms with Crippen LogP contribution in [0.15, 0.2) is 0 Å². The molecular formula is C9H15O7P. The van der Waals surface area contributed by atoms with Crippen molar-refractivity contribution in [1.82, 2.24) is 0 Å². The Morgan fingerprint density at radius 3 is 1.18 bits per heavy atom. The molecule has 0 amide bonds. The maximum Gasteiger partial charge on any atom is 0.303 e. The Balaban J connectivity index is 4.44. The van der Waals surface area contributed by atoms with Crippen molar-refractivity contribution < 1.29 is 33.2 Å². The van der Waals surface area contributed by atoms with Gasteiger partial charge in [-0.2, -0.15) is 0 Å². The lowest BCUT2D eigenvalue weighted by Gasteiger charge is -2.16. The first-order valence-corrected chi connectivity index (χ1v) is 6.98. The van der Waals surface area contributed by atoms with E-state index >= 15 is 0 Å². The molecule has 0 atom stereocenters. The third kappa shape index (κ3) is 8.45. The molecule has 98 valence electrons. The van der Waals surface area contributed by atoms with Gasteiger partial charge in [-0.25, -0.2) is 0 Å². The van der Waals surface area contributed by atoms with Gasteiger partial charge in [0, 0.05) is 20.8 Å². The summed E-state index contributed by atoms with van der Waals surface area (Å²) < 4.78 is 25.9. The van der Waals surface area contributed by atoms with Gasteiger partial charge in [0.2, 0.25) is 0 Å². The van der Waals surface area contributed by atoms with Gasteiger partial charge in [0.1, 0.15) is 19.0 Å². The number of hydrogen-bond acceptors (Lipinski definition) is 7. The summed E-state index contributed by atoms with van der Waals surface area (Å²) in [6.07, 6.45) is -1.28. The van der Waals surface area contributed by atoms with Gasteiger partial charge in [-0.1, -0.05) is 0 Å². The minimum absolute atomic E-state index is 0.428. The molecule has 0 heterocycles. The zero-order valence-corrected chi connectivity index (χ0v) is 10.8. The summed E-state index contributed by atoms with van der Waals surface area (Å²) in [6, 6.07) is 0. The number of rotatable bonds is 6. The molecule has 0 radical (unpaired) electrons. The number of carbonyl (C=O) groups excluding carboxylic acids is 3. The molecule has 0 aliphatic rings. The first kappa shape index (κ1) is 15.6. The van der Waals surface area contributed by atoms with Gasteiger partial charge in [0.25, 0.3) is 0 Å². The Morgan fingerprint density at radius 1 is 0.765 bits per heavy atom. The highest BCUT2D eigenvalue weighted by Crippen LogP contribution is 2.45. The van der Waals surface area contributed by atoms with E-state index in [1.54, 1.807) is 0 Å². The lowest BCUT2D eigenvalue weighted by Crippen LogP contribution is -2.13. The van der Waals surface area contributed by atoms with Crippen LogP contribution in [0.1, 0.15) is 20.8 Å². The fourth-order valence-corrected chi connectivity index (χ4v) is 2.21. The van der Waals surface area contributed by atoms with Gasteiger partial charge in [0.15, 0.2) is 7.14 Å². The van der Waals surface area contributed by atoms with Crippen molar-refractivity contribution in [2.75, 3.05) is 19.0 Å². The highest BCUT2D eigenvalue weighted by molar-refractivity contribution is 7.63. The number of hydrogen-bond donors (Lipinski definition) is 0. The molecule has 0 aromatic carbocycles. The van der Waals surface area contributed by atoms with Crippen molar-refractivity contribution in [3.05, 3.63) is 0 Å². The van der Waals surface area contributed by atoms with E-state index in [4.69, 9.17) is 0 Å². The van der Waals surface area contributed by atoms with E-state index in [0.29, 0.717) is 0 Å². The molecule has 0 aliphatic heterocycles. The van der Waals surface area contributed by atoms with Crippen molar-refractivity contribution in [1.29, 1.82) is 0 Å². The summed E-state index contributed by atoms with van der Waals surface area (Å²) in [5, 5.41) is 0. The highest BCUT2D eigenvalue weighted by atomic mass is 31.2. The van der Waals surface area contributed by atoms with E-state index in [0.717, 1.165) is 20.8 Å². The second kappa shape index (κ2) is 7.06. The van der Waals surface area contributed by atoms with Crippen molar-refractivity contribution in [2.45, 2.75) is 20.8 Å². The maximum absolute atomic E-state index is 12.1. The summed E-state index contributed by atoms with van der Waals surface area (Å²) >= 11 is 0. The van der Waals surface area contributed by atoms with Gasteiger partial charge < -0.3 is 18.8 Å². The van der Waals surface area contributed by atoms with Crippen LogP contribution in [0, 0.1) is 0 Å².